The first-order valence-electron chi connectivity index (χ1n) is 5.13. The van der Waals surface area contributed by atoms with E-state index in [1.807, 2.05) is 12.0 Å². The van der Waals surface area contributed by atoms with Crippen molar-refractivity contribution in [2.75, 3.05) is 0 Å². The van der Waals surface area contributed by atoms with Crippen LogP contribution in [0.2, 0.25) is 0 Å². The van der Waals surface area contributed by atoms with Crippen LogP contribution in [-0.4, -0.2) is 6.13 Å². The second kappa shape index (κ2) is 5.07. The zero-order chi connectivity index (χ0) is 11.4. The van der Waals surface area contributed by atoms with Crippen molar-refractivity contribution in [3.8, 4) is 0 Å². The molecule has 0 aliphatic carbocycles. The van der Waals surface area contributed by atoms with Crippen LogP contribution in [0.15, 0.2) is 24.1 Å². The van der Waals surface area contributed by atoms with Crippen LogP contribution < -0.4 is 0 Å². The molecule has 80 valence electrons. The highest BCUT2D eigenvalue weighted by molar-refractivity contribution is 7.12. The first kappa shape index (κ1) is 13.8. The molecule has 0 saturated heterocycles. The molecule has 0 nitrogen and oxygen atoms in total. The van der Waals surface area contributed by atoms with Crippen LogP contribution in [0.3, 0.4) is 0 Å². The lowest BCUT2D eigenvalue weighted by molar-refractivity contribution is 0.544. The summed E-state index contributed by atoms with van der Waals surface area (Å²) >= 11 is 6.12. The van der Waals surface area contributed by atoms with Crippen LogP contribution in [0.1, 0.15) is 41.5 Å². The third-order valence-electron chi connectivity index (χ3n) is 1.56. The molecule has 0 aliphatic heterocycles. The van der Waals surface area contributed by atoms with Crippen molar-refractivity contribution in [3.05, 3.63) is 24.1 Å². The minimum absolute atomic E-state index is 0.00782. The Morgan fingerprint density at radius 3 is 1.29 bits per heavy atom. The van der Waals surface area contributed by atoms with E-state index >= 15 is 0 Å². The summed E-state index contributed by atoms with van der Waals surface area (Å²) in [6.45, 7) is 13.0. The van der Waals surface area contributed by atoms with Crippen molar-refractivity contribution >= 4 is 17.6 Å². The topological polar surface area (TPSA) is 0 Å². The predicted octanol–water partition coefficient (Wildman–Crippen LogP) is 4.50. The first-order valence-corrected chi connectivity index (χ1v) is 5.57. The number of allylic oxidation sites excluding steroid dienone is 2. The molecule has 0 radical (unpaired) electrons. The fourth-order valence-corrected chi connectivity index (χ4v) is 0.971. The maximum absolute atomic E-state index is 6.12. The van der Waals surface area contributed by atoms with Crippen LogP contribution in [-0.2, 0) is 0 Å². The summed E-state index contributed by atoms with van der Waals surface area (Å²) < 4.78 is 0. The number of halogens is 1. The van der Waals surface area contributed by atoms with Crippen molar-refractivity contribution < 1.29 is 0 Å². The van der Waals surface area contributed by atoms with Gasteiger partial charge in [-0.05, 0) is 10.8 Å². The summed E-state index contributed by atoms with van der Waals surface area (Å²) in [6, 6.07) is 0. The summed E-state index contributed by atoms with van der Waals surface area (Å²) in [5, 5.41) is 0. The molecule has 14 heavy (non-hydrogen) atoms. The standard InChI is InChI=1S/C12H22BCl/c1-11(2,3)7-9-13(14)10-8-12(4,5)6/h7-10H,1-6H3/b9-7+,10-8+. The van der Waals surface area contributed by atoms with Crippen molar-refractivity contribution in [2.45, 2.75) is 41.5 Å². The Hall–Kier alpha value is -0.165. The smallest absolute Gasteiger partial charge is 0.183 e. The van der Waals surface area contributed by atoms with Crippen molar-refractivity contribution in [1.29, 1.82) is 0 Å². The largest absolute Gasteiger partial charge is 0.300 e. The Bertz CT molecular complexity index is 191. The molecular weight excluding hydrogens is 190 g/mol. The molecule has 0 amide bonds. The normalized spacial score (nSPS) is 14.2. The zero-order valence-corrected chi connectivity index (χ0v) is 11.0. The Balaban J connectivity index is 4.18. The molecule has 0 rings (SSSR count). The lowest BCUT2D eigenvalue weighted by Crippen LogP contribution is -2.05. The molecule has 0 unspecified atom stereocenters. The molecule has 0 bridgehead atoms. The highest BCUT2D eigenvalue weighted by atomic mass is 35.5. The predicted molar refractivity (Wildman–Crippen MR) is 68.8 cm³/mol. The summed E-state index contributed by atoms with van der Waals surface area (Å²) in [5.74, 6) is 4.09. The molecule has 0 aromatic rings. The van der Waals surface area contributed by atoms with Crippen LogP contribution in [0.5, 0.6) is 0 Å². The van der Waals surface area contributed by atoms with Crippen molar-refractivity contribution in [1.82, 2.24) is 0 Å². The molecule has 0 aromatic heterocycles. The molecule has 0 heterocycles. The molecular formula is C12H22BCl. The molecule has 0 fully saturated rings. The summed E-state index contributed by atoms with van der Waals surface area (Å²) in [7, 11) is 0. The van der Waals surface area contributed by atoms with Gasteiger partial charge in [0.15, 0.2) is 0 Å². The number of hydrogen-bond donors (Lipinski definition) is 0. The minimum atomic E-state index is 0.00782. The van der Waals surface area contributed by atoms with Gasteiger partial charge in [0.1, 0.15) is 0 Å². The van der Waals surface area contributed by atoms with Crippen LogP contribution in [0.4, 0.5) is 0 Å². The first-order chi connectivity index (χ1) is 6.10. The van der Waals surface area contributed by atoms with Gasteiger partial charge < -0.3 is 0 Å². The van der Waals surface area contributed by atoms with Crippen molar-refractivity contribution in [3.63, 3.8) is 0 Å². The summed E-state index contributed by atoms with van der Waals surface area (Å²) in [6.07, 6.45) is 4.31. The number of hydrogen-bond acceptors (Lipinski definition) is 0. The van der Waals surface area contributed by atoms with Gasteiger partial charge >= 0.3 is 0 Å². The Morgan fingerprint density at radius 2 is 1.07 bits per heavy atom. The lowest BCUT2D eigenvalue weighted by atomic mass is 9.72. The van der Waals surface area contributed by atoms with Crippen LogP contribution in [0.25, 0.3) is 0 Å². The van der Waals surface area contributed by atoms with E-state index in [1.165, 1.54) is 0 Å². The van der Waals surface area contributed by atoms with E-state index in [2.05, 4.69) is 53.7 Å². The van der Waals surface area contributed by atoms with Gasteiger partial charge in [-0.3, -0.25) is 0 Å². The highest BCUT2D eigenvalue weighted by Crippen LogP contribution is 2.17. The maximum atomic E-state index is 6.12. The third kappa shape index (κ3) is 9.92. The minimum Gasteiger partial charge on any atom is -0.183 e. The second-order valence-electron chi connectivity index (χ2n) is 5.89. The Labute approximate surface area is 94.4 Å². The second-order valence-corrected chi connectivity index (χ2v) is 6.40. The summed E-state index contributed by atoms with van der Waals surface area (Å²) in [4.78, 5) is 0. The monoisotopic (exact) mass is 212 g/mol. The average Bonchev–Trinajstić information content (AvgIpc) is 1.94. The quantitative estimate of drug-likeness (QED) is 0.591. The van der Waals surface area contributed by atoms with Gasteiger partial charge in [0.25, 0.3) is 6.13 Å². The van der Waals surface area contributed by atoms with E-state index in [-0.39, 0.29) is 17.0 Å². The molecule has 0 N–H and O–H groups in total. The van der Waals surface area contributed by atoms with E-state index < -0.39 is 0 Å². The zero-order valence-electron chi connectivity index (χ0n) is 10.3. The van der Waals surface area contributed by atoms with E-state index in [1.54, 1.807) is 0 Å². The maximum Gasteiger partial charge on any atom is 0.300 e. The molecule has 0 spiro atoms. The molecule has 0 atom stereocenters. The van der Waals surface area contributed by atoms with Gasteiger partial charge in [0.2, 0.25) is 0 Å². The van der Waals surface area contributed by atoms with E-state index in [0.29, 0.717) is 0 Å². The molecule has 0 aromatic carbocycles. The fourth-order valence-electron chi connectivity index (χ4n) is 0.825. The summed E-state index contributed by atoms with van der Waals surface area (Å²) in [5.41, 5.74) is 0.422. The van der Waals surface area contributed by atoms with E-state index in [0.717, 1.165) is 0 Å². The van der Waals surface area contributed by atoms with Gasteiger partial charge in [-0.25, -0.2) is 0 Å². The van der Waals surface area contributed by atoms with E-state index in [9.17, 15) is 0 Å². The average molecular weight is 213 g/mol. The molecule has 2 heteroatoms. The Morgan fingerprint density at radius 1 is 0.786 bits per heavy atom. The fraction of sp³-hybridized carbons (Fsp3) is 0.667. The van der Waals surface area contributed by atoms with Gasteiger partial charge in [0, 0.05) is 0 Å². The van der Waals surface area contributed by atoms with Crippen molar-refractivity contribution in [2.24, 2.45) is 10.8 Å². The SMILES string of the molecule is CC(C)(C)/C=C/B(Cl)/C=C/C(C)(C)C. The molecule has 0 aliphatic rings. The highest BCUT2D eigenvalue weighted by Gasteiger charge is 2.09. The van der Waals surface area contributed by atoms with Gasteiger partial charge in [0.05, 0.1) is 0 Å². The third-order valence-corrected chi connectivity index (χ3v) is 1.85. The Kier molecular flexibility index (Phi) is 5.01. The van der Waals surface area contributed by atoms with Gasteiger partial charge in [-0.2, -0.15) is 11.5 Å². The lowest BCUT2D eigenvalue weighted by Gasteiger charge is -2.12. The molecule has 0 saturated carbocycles. The van der Waals surface area contributed by atoms with E-state index in [4.69, 9.17) is 11.5 Å². The van der Waals surface area contributed by atoms with Gasteiger partial charge in [-0.1, -0.05) is 65.6 Å². The van der Waals surface area contributed by atoms with Gasteiger partial charge in [-0.15, -0.1) is 0 Å². The van der Waals surface area contributed by atoms with Crippen LogP contribution in [0, 0.1) is 10.8 Å². The van der Waals surface area contributed by atoms with Crippen LogP contribution >= 0.6 is 11.5 Å². The number of rotatable bonds is 2.